The summed E-state index contributed by atoms with van der Waals surface area (Å²) in [5.74, 6) is 0.783. The van der Waals surface area contributed by atoms with Gasteiger partial charge in [-0.1, -0.05) is 36.4 Å². The third-order valence-electron chi connectivity index (χ3n) is 4.59. The van der Waals surface area contributed by atoms with E-state index < -0.39 is 0 Å². The second-order valence-corrected chi connectivity index (χ2v) is 6.81. The molecule has 0 atom stereocenters. The molecule has 0 radical (unpaired) electrons. The first-order valence-electron chi connectivity index (χ1n) is 9.40. The summed E-state index contributed by atoms with van der Waals surface area (Å²) >= 11 is 0. The van der Waals surface area contributed by atoms with Crippen LogP contribution in [0.5, 0.6) is 0 Å². The highest BCUT2D eigenvalue weighted by Gasteiger charge is 2.05. The lowest BCUT2D eigenvalue weighted by Crippen LogP contribution is -2.36. The molecule has 1 aromatic heterocycles. The fourth-order valence-electron chi connectivity index (χ4n) is 2.95. The number of aliphatic imine (C=N–C) groups is 1. The van der Waals surface area contributed by atoms with Crippen molar-refractivity contribution in [1.29, 1.82) is 0 Å². The van der Waals surface area contributed by atoms with Crippen LogP contribution < -0.4 is 15.5 Å². The van der Waals surface area contributed by atoms with Gasteiger partial charge >= 0.3 is 0 Å². The number of hydrogen-bond acceptors (Lipinski definition) is 3. The van der Waals surface area contributed by atoms with Crippen molar-refractivity contribution >= 4 is 11.6 Å². The number of nitrogens with one attached hydrogen (secondary N) is 2. The first kappa shape index (κ1) is 19.5. The molecule has 0 aliphatic rings. The van der Waals surface area contributed by atoms with E-state index in [2.05, 4.69) is 74.2 Å². The molecule has 0 amide bonds. The summed E-state index contributed by atoms with van der Waals surface area (Å²) in [6.07, 6.45) is 3.78. The Hall–Kier alpha value is -3.28. The van der Waals surface area contributed by atoms with Crippen molar-refractivity contribution in [2.45, 2.75) is 19.6 Å². The predicted octanol–water partition coefficient (Wildman–Crippen LogP) is 2.86. The fourth-order valence-corrected chi connectivity index (χ4v) is 2.95. The molecule has 0 saturated heterocycles. The van der Waals surface area contributed by atoms with Crippen LogP contribution in [0.4, 0.5) is 5.69 Å². The summed E-state index contributed by atoms with van der Waals surface area (Å²) in [6, 6.07) is 18.9. The molecule has 0 unspecified atom stereocenters. The van der Waals surface area contributed by atoms with E-state index >= 15 is 0 Å². The van der Waals surface area contributed by atoms with Crippen molar-refractivity contribution in [3.63, 3.8) is 0 Å². The normalized spacial score (nSPS) is 11.3. The molecule has 0 saturated carbocycles. The van der Waals surface area contributed by atoms with Crippen LogP contribution in [-0.4, -0.2) is 36.9 Å². The SMILES string of the molecule is CN=C(NCc1ccc(N(C)C)cc1)NCc1ccccc1Cn1cccn1. The zero-order valence-electron chi connectivity index (χ0n) is 16.8. The molecule has 0 fully saturated rings. The molecule has 3 aromatic rings. The fraction of sp³-hybridized carbons (Fsp3) is 0.273. The van der Waals surface area contributed by atoms with Gasteiger partial charge in [0.2, 0.25) is 0 Å². The highest BCUT2D eigenvalue weighted by atomic mass is 15.3. The monoisotopic (exact) mass is 376 g/mol. The maximum Gasteiger partial charge on any atom is 0.191 e. The quantitative estimate of drug-likeness (QED) is 0.492. The highest BCUT2D eigenvalue weighted by molar-refractivity contribution is 5.79. The van der Waals surface area contributed by atoms with Crippen molar-refractivity contribution in [2.24, 2.45) is 4.99 Å². The van der Waals surface area contributed by atoms with E-state index in [4.69, 9.17) is 0 Å². The van der Waals surface area contributed by atoms with E-state index in [-0.39, 0.29) is 0 Å². The Bertz CT molecular complexity index is 882. The largest absolute Gasteiger partial charge is 0.378 e. The summed E-state index contributed by atoms with van der Waals surface area (Å²) in [7, 11) is 5.88. The molecule has 6 nitrogen and oxygen atoms in total. The summed E-state index contributed by atoms with van der Waals surface area (Å²) in [5, 5.41) is 11.1. The third-order valence-corrected chi connectivity index (χ3v) is 4.59. The lowest BCUT2D eigenvalue weighted by Gasteiger charge is -2.15. The number of benzene rings is 2. The van der Waals surface area contributed by atoms with Gasteiger partial charge in [-0.25, -0.2) is 0 Å². The highest BCUT2D eigenvalue weighted by Crippen LogP contribution is 2.12. The number of nitrogens with zero attached hydrogens (tertiary/aromatic N) is 4. The van der Waals surface area contributed by atoms with Crippen LogP contribution in [0.15, 0.2) is 72.0 Å². The number of guanidine groups is 1. The van der Waals surface area contributed by atoms with Gasteiger partial charge in [0.15, 0.2) is 5.96 Å². The third kappa shape index (κ3) is 5.36. The van der Waals surface area contributed by atoms with Gasteiger partial charge in [-0.2, -0.15) is 5.10 Å². The molecule has 3 rings (SSSR count). The number of hydrogen-bond donors (Lipinski definition) is 2. The number of rotatable bonds is 7. The molecular formula is C22H28N6. The van der Waals surface area contributed by atoms with Crippen LogP contribution in [0, 0.1) is 0 Å². The van der Waals surface area contributed by atoms with Crippen molar-refractivity contribution in [3.8, 4) is 0 Å². The van der Waals surface area contributed by atoms with Gasteiger partial charge in [-0.3, -0.25) is 9.67 Å². The number of aromatic nitrogens is 2. The van der Waals surface area contributed by atoms with Crippen LogP contribution in [0.3, 0.4) is 0 Å². The lowest BCUT2D eigenvalue weighted by atomic mass is 10.1. The Morgan fingerprint density at radius 3 is 2.32 bits per heavy atom. The standard InChI is InChI=1S/C22H28N6/c1-23-22(24-15-18-9-11-21(12-10-18)27(2)3)25-16-19-7-4-5-8-20(19)17-28-14-6-13-26-28/h4-14H,15-17H2,1-3H3,(H2,23,24,25). The van der Waals surface area contributed by atoms with Crippen LogP contribution >= 0.6 is 0 Å². The first-order chi connectivity index (χ1) is 13.7. The molecular weight excluding hydrogens is 348 g/mol. The van der Waals surface area contributed by atoms with E-state index in [1.807, 2.05) is 31.0 Å². The first-order valence-corrected chi connectivity index (χ1v) is 9.40. The number of anilines is 1. The van der Waals surface area contributed by atoms with E-state index in [0.717, 1.165) is 19.0 Å². The summed E-state index contributed by atoms with van der Waals surface area (Å²) in [6.45, 7) is 2.19. The minimum Gasteiger partial charge on any atom is -0.378 e. The van der Waals surface area contributed by atoms with Crippen LogP contribution in [0.2, 0.25) is 0 Å². The molecule has 28 heavy (non-hydrogen) atoms. The Morgan fingerprint density at radius 2 is 1.68 bits per heavy atom. The second kappa shape index (κ2) is 9.60. The smallest absolute Gasteiger partial charge is 0.191 e. The molecule has 146 valence electrons. The van der Waals surface area contributed by atoms with E-state index in [9.17, 15) is 0 Å². The lowest BCUT2D eigenvalue weighted by molar-refractivity contribution is 0.677. The predicted molar refractivity (Wildman–Crippen MR) is 116 cm³/mol. The molecule has 0 spiro atoms. The van der Waals surface area contributed by atoms with Crippen molar-refractivity contribution in [3.05, 3.63) is 83.7 Å². The van der Waals surface area contributed by atoms with Gasteiger partial charge in [0.05, 0.1) is 6.54 Å². The average Bonchev–Trinajstić information content (AvgIpc) is 3.22. The molecule has 0 aliphatic carbocycles. The summed E-state index contributed by atoms with van der Waals surface area (Å²) < 4.78 is 1.93. The molecule has 1 heterocycles. The van der Waals surface area contributed by atoms with E-state index in [0.29, 0.717) is 6.54 Å². The maximum absolute atomic E-state index is 4.34. The van der Waals surface area contributed by atoms with Crippen molar-refractivity contribution < 1.29 is 0 Å². The Balaban J connectivity index is 1.56. The van der Waals surface area contributed by atoms with Gasteiger partial charge in [0.1, 0.15) is 0 Å². The molecule has 2 N–H and O–H groups in total. The van der Waals surface area contributed by atoms with Gasteiger partial charge < -0.3 is 15.5 Å². The maximum atomic E-state index is 4.34. The molecule has 6 heteroatoms. The van der Waals surface area contributed by atoms with Crippen LogP contribution in [-0.2, 0) is 19.6 Å². The zero-order valence-corrected chi connectivity index (χ0v) is 16.8. The van der Waals surface area contributed by atoms with Gasteiger partial charge in [-0.05, 0) is 34.9 Å². The van der Waals surface area contributed by atoms with Crippen molar-refractivity contribution in [1.82, 2.24) is 20.4 Å². The minimum absolute atomic E-state index is 0.705. The molecule has 0 aliphatic heterocycles. The van der Waals surface area contributed by atoms with E-state index in [1.165, 1.54) is 22.4 Å². The molecule has 0 bridgehead atoms. The summed E-state index contributed by atoms with van der Waals surface area (Å²) in [5.41, 5.74) is 4.89. The second-order valence-electron chi connectivity index (χ2n) is 6.81. The summed E-state index contributed by atoms with van der Waals surface area (Å²) in [4.78, 5) is 6.43. The van der Waals surface area contributed by atoms with Crippen LogP contribution in [0.1, 0.15) is 16.7 Å². The average molecular weight is 377 g/mol. The zero-order chi connectivity index (χ0) is 19.8. The topological polar surface area (TPSA) is 57.5 Å². The van der Waals surface area contributed by atoms with Gasteiger partial charge in [-0.15, -0.1) is 0 Å². The Kier molecular flexibility index (Phi) is 6.68. The van der Waals surface area contributed by atoms with Gasteiger partial charge in [0.25, 0.3) is 0 Å². The van der Waals surface area contributed by atoms with Crippen LogP contribution in [0.25, 0.3) is 0 Å². The Morgan fingerprint density at radius 1 is 0.964 bits per heavy atom. The van der Waals surface area contributed by atoms with Crippen molar-refractivity contribution in [2.75, 3.05) is 26.0 Å². The van der Waals surface area contributed by atoms with E-state index in [1.54, 1.807) is 13.2 Å². The Labute approximate surface area is 166 Å². The van der Waals surface area contributed by atoms with Gasteiger partial charge in [0, 0.05) is 52.3 Å². The minimum atomic E-state index is 0.705. The molecule has 2 aromatic carbocycles.